The van der Waals surface area contributed by atoms with Crippen molar-refractivity contribution in [1.82, 2.24) is 4.98 Å². The molecule has 1 aliphatic rings. The van der Waals surface area contributed by atoms with E-state index in [4.69, 9.17) is 0 Å². The highest BCUT2D eigenvalue weighted by molar-refractivity contribution is 5.49. The number of pyridine rings is 1. The summed E-state index contributed by atoms with van der Waals surface area (Å²) in [6.45, 7) is 5.82. The first kappa shape index (κ1) is 11.1. The van der Waals surface area contributed by atoms with Crippen LogP contribution in [-0.4, -0.2) is 23.2 Å². The number of hydrogen-bond acceptors (Lipinski definition) is 3. The third kappa shape index (κ3) is 2.25. The summed E-state index contributed by atoms with van der Waals surface area (Å²) in [5, 5.41) is 9.71. The average molecular weight is 218 g/mol. The molecule has 2 rings (SSSR count). The minimum Gasteiger partial charge on any atom is -0.389 e. The Morgan fingerprint density at radius 2 is 2.31 bits per heavy atom. The van der Waals surface area contributed by atoms with Crippen LogP contribution < -0.4 is 4.90 Å². The molecule has 0 aliphatic carbocycles. The minimum atomic E-state index is -0.462. The van der Waals surface area contributed by atoms with Gasteiger partial charge < -0.3 is 10.0 Å². The molecule has 0 amide bonds. The summed E-state index contributed by atoms with van der Waals surface area (Å²) < 4.78 is 0. The van der Waals surface area contributed by atoms with Crippen LogP contribution in [0.25, 0.3) is 0 Å². The van der Waals surface area contributed by atoms with Crippen LogP contribution in [0.5, 0.6) is 0 Å². The van der Waals surface area contributed by atoms with Gasteiger partial charge in [-0.3, -0.25) is 0 Å². The second-order valence-electron chi connectivity index (χ2n) is 4.34. The van der Waals surface area contributed by atoms with Crippen molar-refractivity contribution in [3.63, 3.8) is 0 Å². The summed E-state index contributed by atoms with van der Waals surface area (Å²) in [5.74, 6) is 0.918. The van der Waals surface area contributed by atoms with E-state index >= 15 is 0 Å². The highest BCUT2D eigenvalue weighted by Gasteiger charge is 2.16. The third-order valence-electron chi connectivity index (χ3n) is 3.00. The molecule has 2 heterocycles. The molecular weight excluding hydrogens is 200 g/mol. The molecular formula is C13H18N2O. The van der Waals surface area contributed by atoms with Crippen molar-refractivity contribution in [2.45, 2.75) is 26.4 Å². The molecule has 1 aliphatic heterocycles. The lowest BCUT2D eigenvalue weighted by Crippen LogP contribution is -2.30. The second kappa shape index (κ2) is 4.66. The fourth-order valence-electron chi connectivity index (χ4n) is 1.96. The maximum absolute atomic E-state index is 9.71. The fraction of sp³-hybridized carbons (Fsp3) is 0.462. The Kier molecular flexibility index (Phi) is 3.25. The highest BCUT2D eigenvalue weighted by Crippen LogP contribution is 2.25. The smallest absolute Gasteiger partial charge is 0.134 e. The van der Waals surface area contributed by atoms with Crippen molar-refractivity contribution in [2.75, 3.05) is 18.0 Å². The molecule has 86 valence electrons. The molecule has 1 N–H and O–H groups in total. The lowest BCUT2D eigenvalue weighted by atomic mass is 10.1. The zero-order valence-electron chi connectivity index (χ0n) is 9.85. The van der Waals surface area contributed by atoms with Gasteiger partial charge in [0.1, 0.15) is 5.82 Å². The molecule has 1 aromatic rings. The number of nitrogens with zero attached hydrogens (tertiary/aromatic N) is 2. The minimum absolute atomic E-state index is 0.462. The molecule has 1 unspecified atom stereocenters. The van der Waals surface area contributed by atoms with Crippen molar-refractivity contribution in [3.8, 4) is 0 Å². The van der Waals surface area contributed by atoms with E-state index in [-0.39, 0.29) is 0 Å². The summed E-state index contributed by atoms with van der Waals surface area (Å²) >= 11 is 0. The SMILES string of the molecule is CC1=CCN(c2ncccc2C(C)O)CC1. The van der Waals surface area contributed by atoms with Gasteiger partial charge in [-0.15, -0.1) is 0 Å². The summed E-state index contributed by atoms with van der Waals surface area (Å²) in [6.07, 6.45) is 4.63. The number of anilines is 1. The van der Waals surface area contributed by atoms with E-state index in [1.54, 1.807) is 13.1 Å². The van der Waals surface area contributed by atoms with Gasteiger partial charge in [-0.25, -0.2) is 4.98 Å². The Morgan fingerprint density at radius 3 is 2.94 bits per heavy atom. The quantitative estimate of drug-likeness (QED) is 0.774. The van der Waals surface area contributed by atoms with Crippen molar-refractivity contribution in [2.24, 2.45) is 0 Å². The van der Waals surface area contributed by atoms with Crippen LogP contribution in [0.2, 0.25) is 0 Å². The number of aliphatic hydroxyl groups is 1. The van der Waals surface area contributed by atoms with E-state index in [2.05, 4.69) is 22.9 Å². The van der Waals surface area contributed by atoms with Gasteiger partial charge in [0.05, 0.1) is 6.10 Å². The van der Waals surface area contributed by atoms with Gasteiger partial charge in [0.2, 0.25) is 0 Å². The van der Waals surface area contributed by atoms with E-state index in [1.807, 2.05) is 12.1 Å². The highest BCUT2D eigenvalue weighted by atomic mass is 16.3. The zero-order valence-corrected chi connectivity index (χ0v) is 9.85. The van der Waals surface area contributed by atoms with Crippen molar-refractivity contribution < 1.29 is 5.11 Å². The predicted molar refractivity (Wildman–Crippen MR) is 65.5 cm³/mol. The zero-order chi connectivity index (χ0) is 11.5. The summed E-state index contributed by atoms with van der Waals surface area (Å²) in [7, 11) is 0. The van der Waals surface area contributed by atoms with Gasteiger partial charge in [0.15, 0.2) is 0 Å². The van der Waals surface area contributed by atoms with E-state index < -0.39 is 6.10 Å². The van der Waals surface area contributed by atoms with Crippen molar-refractivity contribution in [3.05, 3.63) is 35.5 Å². The van der Waals surface area contributed by atoms with Gasteiger partial charge in [0, 0.05) is 24.8 Å². The Balaban J connectivity index is 2.27. The normalized spacial score (nSPS) is 18.2. The number of aromatic nitrogens is 1. The number of rotatable bonds is 2. The molecule has 3 heteroatoms. The number of aliphatic hydroxyl groups excluding tert-OH is 1. The van der Waals surface area contributed by atoms with Gasteiger partial charge in [-0.2, -0.15) is 0 Å². The topological polar surface area (TPSA) is 36.4 Å². The molecule has 1 atom stereocenters. The van der Waals surface area contributed by atoms with E-state index in [1.165, 1.54) is 5.57 Å². The molecule has 3 nitrogen and oxygen atoms in total. The van der Waals surface area contributed by atoms with E-state index in [0.29, 0.717) is 0 Å². The summed E-state index contributed by atoms with van der Waals surface area (Å²) in [6, 6.07) is 3.81. The second-order valence-corrected chi connectivity index (χ2v) is 4.34. The van der Waals surface area contributed by atoms with Crippen molar-refractivity contribution in [1.29, 1.82) is 0 Å². The Hall–Kier alpha value is -1.35. The van der Waals surface area contributed by atoms with Gasteiger partial charge in [0.25, 0.3) is 0 Å². The van der Waals surface area contributed by atoms with Gasteiger partial charge in [-0.1, -0.05) is 17.7 Å². The van der Waals surface area contributed by atoms with Crippen LogP contribution in [-0.2, 0) is 0 Å². The van der Waals surface area contributed by atoms with E-state index in [0.717, 1.165) is 30.9 Å². The third-order valence-corrected chi connectivity index (χ3v) is 3.00. The lowest BCUT2D eigenvalue weighted by molar-refractivity contribution is 0.199. The van der Waals surface area contributed by atoms with Crippen molar-refractivity contribution >= 4 is 5.82 Å². The molecule has 0 fully saturated rings. The van der Waals surface area contributed by atoms with Crippen LogP contribution in [0.15, 0.2) is 30.0 Å². The maximum Gasteiger partial charge on any atom is 0.134 e. The molecule has 0 spiro atoms. The Bertz CT molecular complexity index is 399. The Labute approximate surface area is 96.4 Å². The predicted octanol–water partition coefficient (Wildman–Crippen LogP) is 2.29. The first-order valence-electron chi connectivity index (χ1n) is 5.72. The van der Waals surface area contributed by atoms with Gasteiger partial charge >= 0.3 is 0 Å². The monoisotopic (exact) mass is 218 g/mol. The van der Waals surface area contributed by atoms with E-state index in [9.17, 15) is 5.11 Å². The number of hydrogen-bond donors (Lipinski definition) is 1. The fourth-order valence-corrected chi connectivity index (χ4v) is 1.96. The lowest BCUT2D eigenvalue weighted by Gasteiger charge is -2.28. The largest absolute Gasteiger partial charge is 0.389 e. The van der Waals surface area contributed by atoms with Crippen LogP contribution in [0, 0.1) is 0 Å². The van der Waals surface area contributed by atoms with Crippen LogP contribution in [0.3, 0.4) is 0 Å². The first-order valence-corrected chi connectivity index (χ1v) is 5.72. The average Bonchev–Trinajstić information content (AvgIpc) is 2.30. The standard InChI is InChI=1S/C13H18N2O/c1-10-5-8-15(9-6-10)13-12(11(2)16)4-3-7-14-13/h3-5,7,11,16H,6,8-9H2,1-2H3. The molecule has 0 radical (unpaired) electrons. The van der Waals surface area contributed by atoms with Crippen LogP contribution >= 0.6 is 0 Å². The van der Waals surface area contributed by atoms with Crippen LogP contribution in [0.4, 0.5) is 5.82 Å². The van der Waals surface area contributed by atoms with Gasteiger partial charge in [-0.05, 0) is 26.3 Å². The molecule has 16 heavy (non-hydrogen) atoms. The molecule has 0 saturated carbocycles. The molecule has 0 saturated heterocycles. The summed E-state index contributed by atoms with van der Waals surface area (Å²) in [4.78, 5) is 6.60. The Morgan fingerprint density at radius 1 is 1.50 bits per heavy atom. The molecule has 0 bridgehead atoms. The van der Waals surface area contributed by atoms with Crippen LogP contribution in [0.1, 0.15) is 31.9 Å². The first-order chi connectivity index (χ1) is 7.68. The maximum atomic E-state index is 9.71. The molecule has 1 aromatic heterocycles. The summed E-state index contributed by atoms with van der Waals surface area (Å²) in [5.41, 5.74) is 2.35. The molecule has 0 aromatic carbocycles.